The molecule has 24 heavy (non-hydrogen) atoms. The minimum atomic E-state index is -0.193. The van der Waals surface area contributed by atoms with Crippen molar-refractivity contribution < 1.29 is 4.79 Å². The van der Waals surface area contributed by atoms with Gasteiger partial charge in [0.25, 0.3) is 5.91 Å². The first-order valence-electron chi connectivity index (χ1n) is 8.49. The van der Waals surface area contributed by atoms with Crippen molar-refractivity contribution in [3.63, 3.8) is 0 Å². The summed E-state index contributed by atoms with van der Waals surface area (Å²) < 4.78 is 0. The van der Waals surface area contributed by atoms with Gasteiger partial charge in [-0.05, 0) is 43.7 Å². The van der Waals surface area contributed by atoms with Gasteiger partial charge in [0.15, 0.2) is 0 Å². The Bertz CT molecular complexity index is 716. The highest BCUT2D eigenvalue weighted by atomic mass is 16.1. The van der Waals surface area contributed by atoms with Gasteiger partial charge in [-0.2, -0.15) is 0 Å². The molecule has 0 radical (unpaired) electrons. The van der Waals surface area contributed by atoms with E-state index in [1.54, 1.807) is 6.07 Å². The Morgan fingerprint density at radius 2 is 1.83 bits per heavy atom. The number of anilines is 2. The fourth-order valence-electron chi connectivity index (χ4n) is 3.07. The number of nitrogens with zero attached hydrogens (tertiary/aromatic N) is 3. The summed E-state index contributed by atoms with van der Waals surface area (Å²) in [6.45, 7) is 8.22. The van der Waals surface area contributed by atoms with Crippen LogP contribution < -0.4 is 10.2 Å². The lowest BCUT2D eigenvalue weighted by Crippen LogP contribution is -2.33. The molecule has 0 unspecified atom stereocenters. The Labute approximate surface area is 143 Å². The Kier molecular flexibility index (Phi) is 4.79. The molecule has 3 rings (SSSR count). The molecule has 5 nitrogen and oxygen atoms in total. The third-order valence-electron chi connectivity index (χ3n) is 4.71. The van der Waals surface area contributed by atoms with Crippen molar-refractivity contribution in [2.45, 2.75) is 33.6 Å². The second-order valence-corrected chi connectivity index (χ2v) is 6.65. The number of aromatic nitrogens is 2. The standard InChI is InChI=1S/C19H24N4O/c1-13-7-9-23(10-8-13)17-11-16(20-12-21-17)19(24)22-18-14(2)5-4-6-15(18)3/h4-6,11-13H,7-10H2,1-3H3,(H,22,24). The minimum absolute atomic E-state index is 0.193. The Hall–Kier alpha value is -2.43. The van der Waals surface area contributed by atoms with Crippen molar-refractivity contribution in [2.24, 2.45) is 5.92 Å². The number of nitrogens with one attached hydrogen (secondary N) is 1. The van der Waals surface area contributed by atoms with Crippen molar-refractivity contribution in [1.29, 1.82) is 0 Å². The van der Waals surface area contributed by atoms with Crippen LogP contribution in [0.5, 0.6) is 0 Å². The van der Waals surface area contributed by atoms with E-state index in [2.05, 4.69) is 27.1 Å². The van der Waals surface area contributed by atoms with E-state index in [4.69, 9.17) is 0 Å². The van der Waals surface area contributed by atoms with E-state index in [9.17, 15) is 4.79 Å². The number of carbonyl (C=O) groups is 1. The SMILES string of the molecule is Cc1cccc(C)c1NC(=O)c1cc(N2CCC(C)CC2)ncn1. The number of carbonyl (C=O) groups excluding carboxylic acids is 1. The van der Waals surface area contributed by atoms with Crippen molar-refractivity contribution in [3.05, 3.63) is 47.4 Å². The van der Waals surface area contributed by atoms with E-state index in [-0.39, 0.29) is 5.91 Å². The molecule has 1 aromatic carbocycles. The predicted octanol–water partition coefficient (Wildman–Crippen LogP) is 3.58. The molecular weight excluding hydrogens is 300 g/mol. The molecule has 1 aliphatic rings. The number of rotatable bonds is 3. The number of hydrogen-bond donors (Lipinski definition) is 1. The van der Waals surface area contributed by atoms with Crippen LogP contribution in [0, 0.1) is 19.8 Å². The maximum Gasteiger partial charge on any atom is 0.274 e. The van der Waals surface area contributed by atoms with Gasteiger partial charge in [-0.15, -0.1) is 0 Å². The maximum absolute atomic E-state index is 12.6. The van der Waals surface area contributed by atoms with Crippen LogP contribution in [0.2, 0.25) is 0 Å². The Morgan fingerprint density at radius 1 is 1.17 bits per heavy atom. The lowest BCUT2D eigenvalue weighted by atomic mass is 9.99. The molecule has 0 aliphatic carbocycles. The van der Waals surface area contributed by atoms with Gasteiger partial charge in [0.05, 0.1) is 0 Å². The molecular formula is C19H24N4O. The van der Waals surface area contributed by atoms with Crippen LogP contribution in [0.25, 0.3) is 0 Å². The number of hydrogen-bond acceptors (Lipinski definition) is 4. The molecule has 5 heteroatoms. The van der Waals surface area contributed by atoms with Crippen LogP contribution in [-0.4, -0.2) is 29.0 Å². The van der Waals surface area contributed by atoms with Crippen LogP contribution >= 0.6 is 0 Å². The molecule has 2 aromatic rings. The summed E-state index contributed by atoms with van der Waals surface area (Å²) >= 11 is 0. The summed E-state index contributed by atoms with van der Waals surface area (Å²) in [4.78, 5) is 23.3. The third kappa shape index (κ3) is 3.55. The van der Waals surface area contributed by atoms with E-state index in [1.165, 1.54) is 6.33 Å². The van der Waals surface area contributed by atoms with E-state index in [0.29, 0.717) is 5.69 Å². The topological polar surface area (TPSA) is 58.1 Å². The maximum atomic E-state index is 12.6. The summed E-state index contributed by atoms with van der Waals surface area (Å²) in [5.41, 5.74) is 3.35. The molecule has 0 spiro atoms. The van der Waals surface area contributed by atoms with Gasteiger partial charge >= 0.3 is 0 Å². The third-order valence-corrected chi connectivity index (χ3v) is 4.71. The summed E-state index contributed by atoms with van der Waals surface area (Å²) in [7, 11) is 0. The van der Waals surface area contributed by atoms with Crippen LogP contribution in [0.4, 0.5) is 11.5 Å². The van der Waals surface area contributed by atoms with E-state index in [0.717, 1.165) is 54.5 Å². The number of aryl methyl sites for hydroxylation is 2. The van der Waals surface area contributed by atoms with Gasteiger partial charge < -0.3 is 10.2 Å². The smallest absolute Gasteiger partial charge is 0.274 e. The first-order valence-corrected chi connectivity index (χ1v) is 8.49. The molecule has 1 saturated heterocycles. The number of para-hydroxylation sites is 1. The predicted molar refractivity (Wildman–Crippen MR) is 96.5 cm³/mol. The monoisotopic (exact) mass is 324 g/mol. The lowest BCUT2D eigenvalue weighted by Gasteiger charge is -2.31. The quantitative estimate of drug-likeness (QED) is 0.937. The molecule has 1 aromatic heterocycles. The zero-order chi connectivity index (χ0) is 17.1. The molecule has 0 atom stereocenters. The molecule has 0 bridgehead atoms. The summed E-state index contributed by atoms with van der Waals surface area (Å²) in [5, 5.41) is 2.98. The highest BCUT2D eigenvalue weighted by Crippen LogP contribution is 2.23. The number of piperidine rings is 1. The van der Waals surface area contributed by atoms with E-state index >= 15 is 0 Å². The molecule has 2 heterocycles. The van der Waals surface area contributed by atoms with Crippen molar-refractivity contribution in [1.82, 2.24) is 9.97 Å². The fraction of sp³-hybridized carbons (Fsp3) is 0.421. The highest BCUT2D eigenvalue weighted by Gasteiger charge is 2.19. The summed E-state index contributed by atoms with van der Waals surface area (Å²) in [6.07, 6.45) is 3.80. The average Bonchev–Trinajstić information content (AvgIpc) is 2.59. The summed E-state index contributed by atoms with van der Waals surface area (Å²) in [6, 6.07) is 7.76. The van der Waals surface area contributed by atoms with Crippen molar-refractivity contribution in [3.8, 4) is 0 Å². The molecule has 126 valence electrons. The van der Waals surface area contributed by atoms with Crippen LogP contribution in [0.3, 0.4) is 0 Å². The van der Waals surface area contributed by atoms with Crippen LogP contribution in [0.15, 0.2) is 30.6 Å². The average molecular weight is 324 g/mol. The first kappa shape index (κ1) is 16.4. The lowest BCUT2D eigenvalue weighted by molar-refractivity contribution is 0.102. The second kappa shape index (κ2) is 6.99. The molecule has 0 saturated carbocycles. The van der Waals surface area contributed by atoms with Gasteiger partial charge in [0.1, 0.15) is 17.8 Å². The van der Waals surface area contributed by atoms with Gasteiger partial charge in [-0.1, -0.05) is 25.1 Å². The minimum Gasteiger partial charge on any atom is -0.356 e. The highest BCUT2D eigenvalue weighted by molar-refractivity contribution is 6.04. The second-order valence-electron chi connectivity index (χ2n) is 6.65. The van der Waals surface area contributed by atoms with Crippen molar-refractivity contribution >= 4 is 17.4 Å². The van der Waals surface area contributed by atoms with Crippen LogP contribution in [-0.2, 0) is 0 Å². The van der Waals surface area contributed by atoms with Gasteiger partial charge in [0.2, 0.25) is 0 Å². The summed E-state index contributed by atoms with van der Waals surface area (Å²) in [5.74, 6) is 1.40. The van der Waals surface area contributed by atoms with Gasteiger partial charge in [0, 0.05) is 24.8 Å². The number of amides is 1. The zero-order valence-electron chi connectivity index (χ0n) is 14.5. The van der Waals surface area contributed by atoms with Crippen molar-refractivity contribution in [2.75, 3.05) is 23.3 Å². The first-order chi connectivity index (χ1) is 11.5. The zero-order valence-corrected chi connectivity index (χ0v) is 14.5. The van der Waals surface area contributed by atoms with E-state index < -0.39 is 0 Å². The molecule has 1 N–H and O–H groups in total. The molecule has 1 fully saturated rings. The fourth-order valence-corrected chi connectivity index (χ4v) is 3.07. The Morgan fingerprint density at radius 3 is 2.50 bits per heavy atom. The van der Waals surface area contributed by atoms with E-state index in [1.807, 2.05) is 32.0 Å². The van der Waals surface area contributed by atoms with Crippen LogP contribution in [0.1, 0.15) is 41.4 Å². The Balaban J connectivity index is 1.77. The van der Waals surface area contributed by atoms with Gasteiger partial charge in [-0.25, -0.2) is 9.97 Å². The number of benzene rings is 1. The normalized spacial score (nSPS) is 15.4. The largest absolute Gasteiger partial charge is 0.356 e. The van der Waals surface area contributed by atoms with Gasteiger partial charge in [-0.3, -0.25) is 4.79 Å². The molecule has 1 amide bonds. The molecule has 1 aliphatic heterocycles.